The van der Waals surface area contributed by atoms with Gasteiger partial charge in [-0.05, 0) is 22.6 Å². The quantitative estimate of drug-likeness (QED) is 0.876. The number of pyridine rings is 1. The lowest BCUT2D eigenvalue weighted by atomic mass is 10.2. The number of tetrazole rings is 1. The van der Waals surface area contributed by atoms with Crippen molar-refractivity contribution in [3.8, 4) is 0 Å². The smallest absolute Gasteiger partial charge is 0.289 e. The number of hydrogen-bond donors (Lipinski definition) is 1. The van der Waals surface area contributed by atoms with Crippen molar-refractivity contribution in [3.05, 3.63) is 29.6 Å². The van der Waals surface area contributed by atoms with Gasteiger partial charge in [0.05, 0.1) is 5.56 Å². The highest BCUT2D eigenvalue weighted by Gasteiger charge is 2.32. The number of aryl methyl sites for hydroxylation is 1. The molecule has 7 nitrogen and oxygen atoms in total. The van der Waals surface area contributed by atoms with Gasteiger partial charge in [0.1, 0.15) is 5.69 Å². The highest BCUT2D eigenvalue weighted by Crippen LogP contribution is 2.27. The first kappa shape index (κ1) is 12.9. The molecule has 0 fully saturated rings. The summed E-state index contributed by atoms with van der Waals surface area (Å²) >= 11 is 0. The summed E-state index contributed by atoms with van der Waals surface area (Å²) in [6.07, 6.45) is -3.70. The van der Waals surface area contributed by atoms with Gasteiger partial charge in [-0.25, -0.2) is 4.68 Å². The van der Waals surface area contributed by atoms with Crippen LogP contribution in [0.1, 0.15) is 16.1 Å². The first-order valence-electron chi connectivity index (χ1n) is 4.95. The Morgan fingerprint density at radius 2 is 2.11 bits per heavy atom. The summed E-state index contributed by atoms with van der Waals surface area (Å²) in [5, 5.41) is 12.6. The Morgan fingerprint density at radius 1 is 1.37 bits per heavy atom. The topological polar surface area (TPSA) is 85.6 Å². The maximum Gasteiger partial charge on any atom is 0.433 e. The van der Waals surface area contributed by atoms with Crippen LogP contribution in [-0.2, 0) is 13.2 Å². The van der Waals surface area contributed by atoms with Gasteiger partial charge in [0, 0.05) is 13.2 Å². The molecule has 19 heavy (non-hydrogen) atoms. The second-order valence-corrected chi connectivity index (χ2v) is 3.51. The Hall–Kier alpha value is -2.52. The highest BCUT2D eigenvalue weighted by atomic mass is 19.4. The molecule has 2 aromatic heterocycles. The average molecular weight is 272 g/mol. The standard InChI is InChI=1S/C9H7F3N6O/c1-18-8(15-16-17-18)14-7(19)5-2-3-6(13-4-5)9(10,11)12/h2-4H,1H3,(H,14,15,17,19). The van der Waals surface area contributed by atoms with Crippen LogP contribution in [0.15, 0.2) is 18.3 Å². The van der Waals surface area contributed by atoms with Gasteiger partial charge in [-0.2, -0.15) is 13.2 Å². The average Bonchev–Trinajstić information content (AvgIpc) is 2.74. The van der Waals surface area contributed by atoms with Crippen molar-refractivity contribution in [1.29, 1.82) is 0 Å². The molecule has 0 saturated heterocycles. The molecular formula is C9H7F3N6O. The zero-order chi connectivity index (χ0) is 14.0. The first-order valence-corrected chi connectivity index (χ1v) is 4.95. The molecule has 0 saturated carbocycles. The molecule has 1 N–H and O–H groups in total. The monoisotopic (exact) mass is 272 g/mol. The molecule has 0 aliphatic rings. The van der Waals surface area contributed by atoms with Crippen LogP contribution in [0.4, 0.5) is 19.1 Å². The van der Waals surface area contributed by atoms with Gasteiger partial charge in [-0.3, -0.25) is 15.1 Å². The second-order valence-electron chi connectivity index (χ2n) is 3.51. The molecule has 2 heterocycles. The molecule has 1 amide bonds. The largest absolute Gasteiger partial charge is 0.433 e. The summed E-state index contributed by atoms with van der Waals surface area (Å²) in [6.45, 7) is 0. The van der Waals surface area contributed by atoms with Crippen LogP contribution in [0.3, 0.4) is 0 Å². The van der Waals surface area contributed by atoms with Gasteiger partial charge in [-0.1, -0.05) is 5.10 Å². The van der Waals surface area contributed by atoms with E-state index in [0.717, 1.165) is 18.3 Å². The Bertz CT molecular complexity index is 591. The van der Waals surface area contributed by atoms with Crippen molar-refractivity contribution in [1.82, 2.24) is 25.2 Å². The maximum absolute atomic E-state index is 12.3. The molecule has 0 aliphatic carbocycles. The second kappa shape index (κ2) is 4.63. The van der Waals surface area contributed by atoms with Crippen LogP contribution in [-0.4, -0.2) is 31.1 Å². The van der Waals surface area contributed by atoms with Gasteiger partial charge in [0.15, 0.2) is 0 Å². The van der Waals surface area contributed by atoms with Crippen LogP contribution in [0.5, 0.6) is 0 Å². The van der Waals surface area contributed by atoms with Gasteiger partial charge in [0.25, 0.3) is 5.91 Å². The zero-order valence-corrected chi connectivity index (χ0v) is 9.51. The number of carbonyl (C=O) groups is 1. The molecule has 0 aliphatic heterocycles. The van der Waals surface area contributed by atoms with Crippen molar-refractivity contribution in [2.45, 2.75) is 6.18 Å². The van der Waals surface area contributed by atoms with Crippen molar-refractivity contribution >= 4 is 11.9 Å². The van der Waals surface area contributed by atoms with E-state index in [1.165, 1.54) is 11.7 Å². The molecule has 0 unspecified atom stereocenters. The highest BCUT2D eigenvalue weighted by molar-refractivity contribution is 6.03. The predicted molar refractivity (Wildman–Crippen MR) is 56.0 cm³/mol. The third-order valence-corrected chi connectivity index (χ3v) is 2.16. The van der Waals surface area contributed by atoms with Crippen molar-refractivity contribution in [2.24, 2.45) is 7.05 Å². The maximum atomic E-state index is 12.3. The molecule has 0 atom stereocenters. The fourth-order valence-corrected chi connectivity index (χ4v) is 1.20. The van der Waals surface area contributed by atoms with E-state index in [1.807, 2.05) is 0 Å². The summed E-state index contributed by atoms with van der Waals surface area (Å²) in [7, 11) is 1.50. The molecule has 100 valence electrons. The first-order chi connectivity index (χ1) is 8.88. The number of nitrogens with one attached hydrogen (secondary N) is 1. The van der Waals surface area contributed by atoms with E-state index in [4.69, 9.17) is 0 Å². The van der Waals surface area contributed by atoms with Gasteiger partial charge < -0.3 is 0 Å². The fraction of sp³-hybridized carbons (Fsp3) is 0.222. The number of halogens is 3. The minimum Gasteiger partial charge on any atom is -0.289 e. The SMILES string of the molecule is Cn1nnnc1NC(=O)c1ccc(C(F)(F)F)nc1. The minimum atomic E-state index is -4.54. The lowest BCUT2D eigenvalue weighted by Gasteiger charge is -2.06. The van der Waals surface area contributed by atoms with E-state index in [-0.39, 0.29) is 11.5 Å². The molecule has 0 aromatic carbocycles. The summed E-state index contributed by atoms with van der Waals surface area (Å²) in [5.74, 6) is -0.580. The summed E-state index contributed by atoms with van der Waals surface area (Å²) in [4.78, 5) is 14.9. The van der Waals surface area contributed by atoms with Crippen LogP contribution in [0, 0.1) is 0 Å². The predicted octanol–water partition coefficient (Wildman–Crippen LogP) is 0.876. The van der Waals surface area contributed by atoms with Crippen LogP contribution >= 0.6 is 0 Å². The van der Waals surface area contributed by atoms with Gasteiger partial charge in [-0.15, -0.1) is 0 Å². The molecule has 0 spiro atoms. The van der Waals surface area contributed by atoms with Gasteiger partial charge in [0.2, 0.25) is 5.95 Å². The summed E-state index contributed by atoms with van der Waals surface area (Å²) < 4.78 is 38.1. The number of nitrogens with zero attached hydrogens (tertiary/aromatic N) is 5. The van der Waals surface area contributed by atoms with Gasteiger partial charge >= 0.3 is 6.18 Å². The molecule has 2 aromatic rings. The Labute approximate surface area is 104 Å². The number of rotatable bonds is 2. The molecule has 2 rings (SSSR count). The summed E-state index contributed by atoms with van der Waals surface area (Å²) in [6, 6.07) is 1.75. The van der Waals surface area contributed by atoms with E-state index < -0.39 is 17.8 Å². The zero-order valence-electron chi connectivity index (χ0n) is 9.51. The van der Waals surface area contributed by atoms with E-state index in [2.05, 4.69) is 25.8 Å². The van der Waals surface area contributed by atoms with E-state index in [0.29, 0.717) is 0 Å². The number of hydrogen-bond acceptors (Lipinski definition) is 5. The van der Waals surface area contributed by atoms with Crippen LogP contribution in [0.25, 0.3) is 0 Å². The normalized spacial score (nSPS) is 11.4. The van der Waals surface area contributed by atoms with Crippen LogP contribution in [0.2, 0.25) is 0 Å². The lowest BCUT2D eigenvalue weighted by molar-refractivity contribution is -0.141. The van der Waals surface area contributed by atoms with Crippen molar-refractivity contribution in [3.63, 3.8) is 0 Å². The number of carbonyl (C=O) groups excluding carboxylic acids is 1. The number of amides is 1. The fourth-order valence-electron chi connectivity index (χ4n) is 1.20. The van der Waals surface area contributed by atoms with Crippen molar-refractivity contribution in [2.75, 3.05) is 5.32 Å². The van der Waals surface area contributed by atoms with Crippen LogP contribution < -0.4 is 5.32 Å². The third-order valence-electron chi connectivity index (χ3n) is 2.16. The number of anilines is 1. The molecule has 10 heteroatoms. The molecule has 0 radical (unpaired) electrons. The number of alkyl halides is 3. The minimum absolute atomic E-state index is 0.0315. The summed E-state index contributed by atoms with van der Waals surface area (Å²) in [5.41, 5.74) is -1.10. The van der Waals surface area contributed by atoms with E-state index >= 15 is 0 Å². The van der Waals surface area contributed by atoms with E-state index in [9.17, 15) is 18.0 Å². The Morgan fingerprint density at radius 3 is 2.58 bits per heavy atom. The molecule has 0 bridgehead atoms. The Kier molecular flexibility index (Phi) is 3.15. The number of aromatic nitrogens is 5. The van der Waals surface area contributed by atoms with E-state index in [1.54, 1.807) is 0 Å². The third kappa shape index (κ3) is 2.84. The molecular weight excluding hydrogens is 265 g/mol. The Balaban J connectivity index is 2.14. The van der Waals surface area contributed by atoms with Crippen molar-refractivity contribution < 1.29 is 18.0 Å². The lowest BCUT2D eigenvalue weighted by Crippen LogP contribution is -2.16.